The summed E-state index contributed by atoms with van der Waals surface area (Å²) in [5.41, 5.74) is 3.80. The molecule has 2 atom stereocenters. The molecule has 1 aliphatic carbocycles. The van der Waals surface area contributed by atoms with E-state index in [0.29, 0.717) is 18.4 Å². The zero-order valence-corrected chi connectivity index (χ0v) is 13.5. The van der Waals surface area contributed by atoms with Gasteiger partial charge in [0.1, 0.15) is 11.5 Å². The molecule has 2 rings (SSSR count). The molecule has 0 spiro atoms. The summed E-state index contributed by atoms with van der Waals surface area (Å²) in [7, 11) is 0. The van der Waals surface area contributed by atoms with E-state index in [2.05, 4.69) is 19.6 Å². The average Bonchev–Trinajstić information content (AvgIpc) is 2.44. The SMILES string of the molecule is C=C(C)C1CCC(C)=CC1c1c(O)cc(CCCO)cc1O. The van der Waals surface area contributed by atoms with Gasteiger partial charge in [-0.15, -0.1) is 0 Å². The third-order valence-corrected chi connectivity index (χ3v) is 4.53. The largest absolute Gasteiger partial charge is 0.507 e. The van der Waals surface area contributed by atoms with Crippen LogP contribution in [-0.2, 0) is 6.42 Å². The van der Waals surface area contributed by atoms with Gasteiger partial charge in [0.2, 0.25) is 0 Å². The number of phenolic OH excluding ortho intramolecular Hbond substituents is 2. The molecule has 1 aliphatic rings. The predicted molar refractivity (Wildman–Crippen MR) is 89.2 cm³/mol. The second-order valence-corrected chi connectivity index (χ2v) is 6.41. The molecule has 0 fully saturated rings. The first-order chi connectivity index (χ1) is 10.4. The molecule has 0 aromatic heterocycles. The number of aryl methyl sites for hydroxylation is 1. The summed E-state index contributed by atoms with van der Waals surface area (Å²) in [4.78, 5) is 0. The Kier molecular flexibility index (Phi) is 5.30. The van der Waals surface area contributed by atoms with E-state index in [1.54, 1.807) is 12.1 Å². The minimum absolute atomic E-state index is 0.0295. The average molecular weight is 302 g/mol. The molecular formula is C19H26O3. The molecule has 120 valence electrons. The summed E-state index contributed by atoms with van der Waals surface area (Å²) in [5.74, 6) is 0.479. The summed E-state index contributed by atoms with van der Waals surface area (Å²) in [6.45, 7) is 8.28. The molecule has 0 aliphatic heterocycles. The molecule has 0 saturated carbocycles. The van der Waals surface area contributed by atoms with Gasteiger partial charge in [-0.25, -0.2) is 0 Å². The molecule has 1 aromatic carbocycles. The van der Waals surface area contributed by atoms with Crippen molar-refractivity contribution in [2.24, 2.45) is 5.92 Å². The Morgan fingerprint density at radius 1 is 1.27 bits per heavy atom. The van der Waals surface area contributed by atoms with Crippen molar-refractivity contribution in [3.05, 3.63) is 47.1 Å². The van der Waals surface area contributed by atoms with Crippen LogP contribution in [0.4, 0.5) is 0 Å². The summed E-state index contributed by atoms with van der Waals surface area (Å²) in [5, 5.41) is 29.8. The Hall–Kier alpha value is -1.74. The number of hydrogen-bond acceptors (Lipinski definition) is 3. The maximum Gasteiger partial charge on any atom is 0.123 e. The van der Waals surface area contributed by atoms with Crippen LogP contribution in [0.1, 0.15) is 50.2 Å². The van der Waals surface area contributed by atoms with Crippen molar-refractivity contribution >= 4 is 0 Å². The van der Waals surface area contributed by atoms with Crippen LogP contribution in [0, 0.1) is 5.92 Å². The highest BCUT2D eigenvalue weighted by Crippen LogP contribution is 2.46. The molecule has 3 nitrogen and oxygen atoms in total. The lowest BCUT2D eigenvalue weighted by atomic mass is 9.73. The lowest BCUT2D eigenvalue weighted by Crippen LogP contribution is -2.17. The van der Waals surface area contributed by atoms with Gasteiger partial charge in [-0.3, -0.25) is 0 Å². The summed E-state index contributed by atoms with van der Waals surface area (Å²) in [6, 6.07) is 3.41. The fourth-order valence-electron chi connectivity index (χ4n) is 3.35. The Labute approximate surface area is 132 Å². The van der Waals surface area contributed by atoms with E-state index in [4.69, 9.17) is 5.11 Å². The molecule has 0 heterocycles. The van der Waals surface area contributed by atoms with Gasteiger partial charge in [-0.2, -0.15) is 0 Å². The van der Waals surface area contributed by atoms with Gasteiger partial charge >= 0.3 is 0 Å². The van der Waals surface area contributed by atoms with E-state index in [1.807, 2.05) is 6.92 Å². The van der Waals surface area contributed by atoms with Crippen LogP contribution in [0.5, 0.6) is 11.5 Å². The number of aromatic hydroxyl groups is 2. The first-order valence-electron chi connectivity index (χ1n) is 7.92. The van der Waals surface area contributed by atoms with Crippen LogP contribution in [0.2, 0.25) is 0 Å². The Bertz CT molecular complexity index is 563. The summed E-state index contributed by atoms with van der Waals surface area (Å²) < 4.78 is 0. The molecule has 0 bridgehead atoms. The monoisotopic (exact) mass is 302 g/mol. The quantitative estimate of drug-likeness (QED) is 0.719. The smallest absolute Gasteiger partial charge is 0.123 e. The minimum atomic E-state index is -0.0295. The maximum absolute atomic E-state index is 10.4. The number of phenols is 2. The first-order valence-corrected chi connectivity index (χ1v) is 7.92. The Morgan fingerprint density at radius 2 is 1.91 bits per heavy atom. The van der Waals surface area contributed by atoms with Crippen molar-refractivity contribution in [3.8, 4) is 11.5 Å². The Morgan fingerprint density at radius 3 is 2.45 bits per heavy atom. The van der Waals surface area contributed by atoms with Gasteiger partial charge in [0.25, 0.3) is 0 Å². The number of rotatable bonds is 5. The lowest BCUT2D eigenvalue weighted by Gasteiger charge is -2.31. The molecule has 22 heavy (non-hydrogen) atoms. The molecule has 0 radical (unpaired) electrons. The molecule has 3 heteroatoms. The molecule has 0 amide bonds. The van der Waals surface area contributed by atoms with E-state index < -0.39 is 0 Å². The normalized spacial score (nSPS) is 21.5. The number of allylic oxidation sites excluding steroid dienone is 3. The van der Waals surface area contributed by atoms with Crippen LogP contribution in [0.25, 0.3) is 0 Å². The topological polar surface area (TPSA) is 60.7 Å². The third kappa shape index (κ3) is 3.53. The van der Waals surface area contributed by atoms with Gasteiger partial charge in [-0.1, -0.05) is 23.8 Å². The van der Waals surface area contributed by atoms with Crippen molar-refractivity contribution in [1.29, 1.82) is 0 Å². The number of aliphatic hydroxyl groups excluding tert-OH is 1. The number of benzene rings is 1. The van der Waals surface area contributed by atoms with E-state index in [0.717, 1.165) is 24.0 Å². The second-order valence-electron chi connectivity index (χ2n) is 6.41. The fourth-order valence-corrected chi connectivity index (χ4v) is 3.35. The van der Waals surface area contributed by atoms with E-state index in [1.165, 1.54) is 5.57 Å². The zero-order chi connectivity index (χ0) is 16.3. The summed E-state index contributed by atoms with van der Waals surface area (Å²) >= 11 is 0. The Balaban J connectivity index is 2.41. The molecule has 1 aromatic rings. The molecule has 2 unspecified atom stereocenters. The van der Waals surface area contributed by atoms with E-state index in [-0.39, 0.29) is 29.9 Å². The molecular weight excluding hydrogens is 276 g/mol. The molecule has 0 saturated heterocycles. The van der Waals surface area contributed by atoms with Crippen molar-refractivity contribution < 1.29 is 15.3 Å². The van der Waals surface area contributed by atoms with Crippen molar-refractivity contribution in [2.75, 3.05) is 6.61 Å². The van der Waals surface area contributed by atoms with Crippen LogP contribution < -0.4 is 0 Å². The van der Waals surface area contributed by atoms with Crippen molar-refractivity contribution in [2.45, 2.75) is 45.4 Å². The first kappa shape index (κ1) is 16.6. The number of hydrogen-bond donors (Lipinski definition) is 3. The highest BCUT2D eigenvalue weighted by atomic mass is 16.3. The molecule has 3 N–H and O–H groups in total. The van der Waals surface area contributed by atoms with Gasteiger partial charge in [0.05, 0.1) is 0 Å². The maximum atomic E-state index is 10.4. The standard InChI is InChI=1S/C19H26O3/c1-12(2)15-7-6-13(3)9-16(15)19-17(21)10-14(5-4-8-20)11-18(19)22/h9-11,15-16,20-22H,1,4-8H2,2-3H3. The van der Waals surface area contributed by atoms with Gasteiger partial charge in [0, 0.05) is 18.1 Å². The predicted octanol–water partition coefficient (Wildman–Crippen LogP) is 4.04. The highest BCUT2D eigenvalue weighted by Gasteiger charge is 2.29. The van der Waals surface area contributed by atoms with Gasteiger partial charge < -0.3 is 15.3 Å². The van der Waals surface area contributed by atoms with Crippen LogP contribution in [0.3, 0.4) is 0 Å². The van der Waals surface area contributed by atoms with E-state index in [9.17, 15) is 10.2 Å². The van der Waals surface area contributed by atoms with Crippen molar-refractivity contribution in [1.82, 2.24) is 0 Å². The second kappa shape index (κ2) is 7.01. The summed E-state index contributed by atoms with van der Waals surface area (Å²) in [6.07, 6.45) is 5.43. The highest BCUT2D eigenvalue weighted by molar-refractivity contribution is 5.51. The zero-order valence-electron chi connectivity index (χ0n) is 13.5. The van der Waals surface area contributed by atoms with Crippen LogP contribution >= 0.6 is 0 Å². The lowest BCUT2D eigenvalue weighted by molar-refractivity contribution is 0.288. The van der Waals surface area contributed by atoms with Crippen LogP contribution in [0.15, 0.2) is 35.9 Å². The fraction of sp³-hybridized carbons (Fsp3) is 0.474. The van der Waals surface area contributed by atoms with Crippen molar-refractivity contribution in [3.63, 3.8) is 0 Å². The third-order valence-electron chi connectivity index (χ3n) is 4.53. The van der Waals surface area contributed by atoms with Gasteiger partial charge in [-0.05, 0) is 63.1 Å². The minimum Gasteiger partial charge on any atom is -0.507 e. The van der Waals surface area contributed by atoms with Crippen LogP contribution in [-0.4, -0.2) is 21.9 Å². The van der Waals surface area contributed by atoms with Gasteiger partial charge in [0.15, 0.2) is 0 Å². The number of aliphatic hydroxyl groups is 1. The van der Waals surface area contributed by atoms with E-state index >= 15 is 0 Å².